The van der Waals surface area contributed by atoms with Crippen LogP contribution in [0.15, 0.2) is 30.5 Å². The van der Waals surface area contributed by atoms with E-state index in [4.69, 9.17) is 9.47 Å². The minimum Gasteiger partial charge on any atom is -0.497 e. The summed E-state index contributed by atoms with van der Waals surface area (Å²) in [4.78, 5) is 19.0. The van der Waals surface area contributed by atoms with E-state index in [-0.39, 0.29) is 0 Å². The van der Waals surface area contributed by atoms with Crippen LogP contribution in [-0.4, -0.2) is 29.8 Å². The first kappa shape index (κ1) is 13.2. The average molecular weight is 285 g/mol. The lowest BCUT2D eigenvalue weighted by Crippen LogP contribution is -2.14. The van der Waals surface area contributed by atoms with Crippen molar-refractivity contribution in [2.24, 2.45) is 0 Å². The number of pyridine rings is 1. The van der Waals surface area contributed by atoms with E-state index in [2.05, 4.69) is 15.3 Å². The van der Waals surface area contributed by atoms with E-state index >= 15 is 0 Å². The van der Waals surface area contributed by atoms with Crippen LogP contribution in [0.1, 0.15) is 6.92 Å². The Morgan fingerprint density at radius 2 is 2.19 bits per heavy atom. The summed E-state index contributed by atoms with van der Waals surface area (Å²) in [7, 11) is 1.62. The first-order valence-corrected chi connectivity index (χ1v) is 6.61. The molecule has 3 aromatic rings. The number of carbonyl (C=O) groups is 1. The van der Waals surface area contributed by atoms with Crippen LogP contribution in [0.5, 0.6) is 5.75 Å². The lowest BCUT2D eigenvalue weighted by molar-refractivity contribution is 0.168. The highest BCUT2D eigenvalue weighted by Crippen LogP contribution is 2.31. The number of hydrogen-bond acceptors (Lipinski definition) is 4. The Morgan fingerprint density at radius 3 is 2.95 bits per heavy atom. The molecule has 0 bridgehead atoms. The number of methoxy groups -OCH3 is 1. The minimum atomic E-state index is -0.520. The quantitative estimate of drug-likeness (QED) is 0.774. The number of nitrogens with zero attached hydrogens (tertiary/aromatic N) is 1. The highest BCUT2D eigenvalue weighted by Gasteiger charge is 2.12. The summed E-state index contributed by atoms with van der Waals surface area (Å²) in [5, 5.41) is 4.66. The molecule has 1 aromatic carbocycles. The summed E-state index contributed by atoms with van der Waals surface area (Å²) in [5.41, 5.74) is 1.68. The van der Waals surface area contributed by atoms with Crippen molar-refractivity contribution in [1.29, 1.82) is 0 Å². The first-order valence-electron chi connectivity index (χ1n) is 6.61. The van der Waals surface area contributed by atoms with Gasteiger partial charge in [0.25, 0.3) is 0 Å². The SMILES string of the molecule is CCOC(=O)Nc1nccc2c1[nH]c1cc(OC)ccc12. The Labute approximate surface area is 121 Å². The van der Waals surface area contributed by atoms with E-state index in [1.165, 1.54) is 0 Å². The molecule has 108 valence electrons. The molecular weight excluding hydrogens is 270 g/mol. The van der Waals surface area contributed by atoms with Crippen molar-refractivity contribution in [2.75, 3.05) is 19.0 Å². The number of benzene rings is 1. The third-order valence-corrected chi connectivity index (χ3v) is 3.22. The molecule has 2 N–H and O–H groups in total. The minimum absolute atomic E-state index is 0.311. The van der Waals surface area contributed by atoms with Crippen molar-refractivity contribution in [2.45, 2.75) is 6.92 Å². The molecule has 0 aliphatic carbocycles. The monoisotopic (exact) mass is 285 g/mol. The first-order chi connectivity index (χ1) is 10.2. The van der Waals surface area contributed by atoms with Gasteiger partial charge >= 0.3 is 6.09 Å². The Kier molecular flexibility index (Phi) is 3.35. The molecule has 0 aliphatic heterocycles. The molecule has 0 unspecified atom stereocenters. The van der Waals surface area contributed by atoms with Gasteiger partial charge in [-0.25, -0.2) is 9.78 Å². The molecule has 2 heterocycles. The van der Waals surface area contributed by atoms with E-state index < -0.39 is 6.09 Å². The molecule has 1 amide bonds. The molecule has 0 radical (unpaired) electrons. The van der Waals surface area contributed by atoms with E-state index in [1.54, 1.807) is 20.2 Å². The van der Waals surface area contributed by atoms with Crippen LogP contribution in [0.2, 0.25) is 0 Å². The fourth-order valence-corrected chi connectivity index (χ4v) is 2.29. The van der Waals surface area contributed by atoms with Gasteiger partial charge in [-0.2, -0.15) is 0 Å². The molecule has 0 atom stereocenters. The Balaban J connectivity index is 2.12. The number of amides is 1. The van der Waals surface area contributed by atoms with Gasteiger partial charge in [0.2, 0.25) is 0 Å². The number of rotatable bonds is 3. The molecule has 0 saturated carbocycles. The molecule has 21 heavy (non-hydrogen) atoms. The molecule has 6 nitrogen and oxygen atoms in total. The number of nitrogens with one attached hydrogen (secondary N) is 2. The molecule has 0 spiro atoms. The maximum absolute atomic E-state index is 11.6. The number of aromatic nitrogens is 2. The fourth-order valence-electron chi connectivity index (χ4n) is 2.29. The number of fused-ring (bicyclic) bond motifs is 3. The normalized spacial score (nSPS) is 10.8. The summed E-state index contributed by atoms with van der Waals surface area (Å²) >= 11 is 0. The molecule has 2 aromatic heterocycles. The van der Waals surface area contributed by atoms with Crippen LogP contribution in [0.3, 0.4) is 0 Å². The predicted octanol–water partition coefficient (Wildman–Crippen LogP) is 3.29. The van der Waals surface area contributed by atoms with Gasteiger partial charge in [0.05, 0.1) is 24.8 Å². The zero-order valence-corrected chi connectivity index (χ0v) is 11.8. The van der Waals surface area contributed by atoms with Crippen LogP contribution < -0.4 is 10.1 Å². The number of anilines is 1. The second-order valence-corrected chi connectivity index (χ2v) is 4.46. The third kappa shape index (κ3) is 2.35. The van der Waals surface area contributed by atoms with Crippen LogP contribution in [0.25, 0.3) is 21.8 Å². The zero-order valence-electron chi connectivity index (χ0n) is 11.8. The van der Waals surface area contributed by atoms with Gasteiger partial charge in [-0.3, -0.25) is 5.32 Å². The van der Waals surface area contributed by atoms with Gasteiger partial charge < -0.3 is 14.5 Å². The summed E-state index contributed by atoms with van der Waals surface area (Å²) in [6, 6.07) is 7.68. The summed E-state index contributed by atoms with van der Waals surface area (Å²) in [5.74, 6) is 1.21. The number of H-pyrrole nitrogens is 1. The Morgan fingerprint density at radius 1 is 1.33 bits per heavy atom. The summed E-state index contributed by atoms with van der Waals surface area (Å²) < 4.78 is 10.1. The van der Waals surface area contributed by atoms with E-state index in [1.807, 2.05) is 24.3 Å². The number of carbonyl (C=O) groups excluding carboxylic acids is 1. The highest BCUT2D eigenvalue weighted by molar-refractivity contribution is 6.11. The maximum atomic E-state index is 11.6. The summed E-state index contributed by atoms with van der Waals surface area (Å²) in [6.07, 6.45) is 1.13. The fraction of sp³-hybridized carbons (Fsp3) is 0.200. The van der Waals surface area contributed by atoms with Crippen molar-refractivity contribution in [3.8, 4) is 5.75 Å². The molecule has 0 saturated heterocycles. The molecule has 6 heteroatoms. The number of ether oxygens (including phenoxy) is 2. The van der Waals surface area contributed by atoms with Crippen molar-refractivity contribution in [3.05, 3.63) is 30.5 Å². The van der Waals surface area contributed by atoms with Crippen LogP contribution >= 0.6 is 0 Å². The smallest absolute Gasteiger partial charge is 0.412 e. The van der Waals surface area contributed by atoms with Gasteiger partial charge in [-0.15, -0.1) is 0 Å². The van der Waals surface area contributed by atoms with Crippen LogP contribution in [-0.2, 0) is 4.74 Å². The second kappa shape index (κ2) is 5.32. The lowest BCUT2D eigenvalue weighted by atomic mass is 10.2. The average Bonchev–Trinajstić information content (AvgIpc) is 2.86. The van der Waals surface area contributed by atoms with Crippen molar-refractivity contribution < 1.29 is 14.3 Å². The van der Waals surface area contributed by atoms with Gasteiger partial charge in [-0.05, 0) is 25.1 Å². The van der Waals surface area contributed by atoms with Gasteiger partial charge in [0, 0.05) is 23.0 Å². The van der Waals surface area contributed by atoms with E-state index in [0.717, 1.165) is 27.6 Å². The standard InChI is InChI=1S/C15H15N3O3/c1-3-21-15(19)18-14-13-11(6-7-16-14)10-5-4-9(20-2)8-12(10)17-13/h4-8,17H,3H2,1-2H3,(H,16,18,19). The predicted molar refractivity (Wildman–Crippen MR) is 80.8 cm³/mol. The molecule has 0 fully saturated rings. The number of hydrogen-bond donors (Lipinski definition) is 2. The van der Waals surface area contributed by atoms with Gasteiger partial charge in [0.1, 0.15) is 5.75 Å². The van der Waals surface area contributed by atoms with Crippen molar-refractivity contribution >= 4 is 33.7 Å². The van der Waals surface area contributed by atoms with Crippen molar-refractivity contribution in [3.63, 3.8) is 0 Å². The van der Waals surface area contributed by atoms with Crippen molar-refractivity contribution in [1.82, 2.24) is 9.97 Å². The largest absolute Gasteiger partial charge is 0.497 e. The van der Waals surface area contributed by atoms with E-state index in [9.17, 15) is 4.79 Å². The maximum Gasteiger partial charge on any atom is 0.412 e. The summed E-state index contributed by atoms with van der Waals surface area (Å²) in [6.45, 7) is 2.06. The second-order valence-electron chi connectivity index (χ2n) is 4.46. The molecule has 3 rings (SSSR count). The van der Waals surface area contributed by atoms with Crippen LogP contribution in [0.4, 0.5) is 10.6 Å². The lowest BCUT2D eigenvalue weighted by Gasteiger charge is -2.04. The Bertz CT molecular complexity index is 810. The topological polar surface area (TPSA) is 76.2 Å². The number of aromatic amines is 1. The third-order valence-electron chi connectivity index (χ3n) is 3.22. The Hall–Kier alpha value is -2.76. The zero-order chi connectivity index (χ0) is 14.8. The van der Waals surface area contributed by atoms with Gasteiger partial charge in [-0.1, -0.05) is 0 Å². The van der Waals surface area contributed by atoms with Crippen LogP contribution in [0, 0.1) is 0 Å². The highest BCUT2D eigenvalue weighted by atomic mass is 16.5. The molecular formula is C15H15N3O3. The van der Waals surface area contributed by atoms with E-state index in [0.29, 0.717) is 12.4 Å². The molecule has 0 aliphatic rings. The van der Waals surface area contributed by atoms with Gasteiger partial charge in [0.15, 0.2) is 5.82 Å².